The lowest BCUT2D eigenvalue weighted by Crippen LogP contribution is -2.40. The number of carbonyl (C=O) groups is 1. The van der Waals surface area contributed by atoms with Crippen molar-refractivity contribution < 1.29 is 28.8 Å². The van der Waals surface area contributed by atoms with Gasteiger partial charge >= 0.3 is 0 Å². The number of methoxy groups -OCH3 is 2. The highest BCUT2D eigenvalue weighted by atomic mass is 16.6. The quantitative estimate of drug-likeness (QED) is 0.182. The Morgan fingerprint density at radius 2 is 1.62 bits per heavy atom. The van der Waals surface area contributed by atoms with Gasteiger partial charge in [-0.25, -0.2) is 4.98 Å². The lowest BCUT2D eigenvalue weighted by molar-refractivity contribution is -0.118. The number of aliphatic hydroxyl groups is 1. The van der Waals surface area contributed by atoms with Gasteiger partial charge < -0.3 is 24.1 Å². The molecule has 1 aliphatic rings. The number of anilines is 1. The second-order valence-corrected chi connectivity index (χ2v) is 11.6. The lowest BCUT2D eigenvalue weighted by atomic mass is 9.80. The number of aliphatic hydroxyl groups excluding tert-OH is 1. The second-order valence-electron chi connectivity index (χ2n) is 11.6. The Morgan fingerprint density at radius 1 is 1.00 bits per heavy atom. The Morgan fingerprint density at radius 3 is 2.19 bits per heavy atom. The summed E-state index contributed by atoms with van der Waals surface area (Å²) >= 11 is 0. The van der Waals surface area contributed by atoms with Crippen LogP contribution in [0.25, 0.3) is 11.2 Å². The van der Waals surface area contributed by atoms with E-state index < -0.39 is 35.7 Å². The third kappa shape index (κ3) is 6.03. The van der Waals surface area contributed by atoms with Gasteiger partial charge in [-0.2, -0.15) is 4.98 Å². The maximum absolute atomic E-state index is 12.8. The van der Waals surface area contributed by atoms with Gasteiger partial charge in [-0.3, -0.25) is 24.5 Å². The molecule has 0 radical (unpaired) electrons. The monoisotopic (exact) mass is 639 g/mol. The summed E-state index contributed by atoms with van der Waals surface area (Å²) in [4.78, 5) is 36.3. The zero-order chi connectivity index (χ0) is 33.1. The number of benzene rings is 3. The number of hydrogen-bond acceptors (Lipinski definition) is 9. The summed E-state index contributed by atoms with van der Waals surface area (Å²) in [5.41, 5.74) is 1.19. The zero-order valence-corrected chi connectivity index (χ0v) is 26.5. The maximum Gasteiger partial charge on any atom is 0.280 e. The van der Waals surface area contributed by atoms with E-state index in [0.29, 0.717) is 5.75 Å². The molecule has 0 unspecified atom stereocenters. The number of aromatic nitrogens is 4. The summed E-state index contributed by atoms with van der Waals surface area (Å²) in [7, 11) is 3.11. The number of hydrogen-bond donors (Lipinski definition) is 3. The van der Waals surface area contributed by atoms with Crippen LogP contribution in [-0.2, 0) is 24.6 Å². The molecule has 4 atom stereocenters. The van der Waals surface area contributed by atoms with Crippen molar-refractivity contribution >= 4 is 23.0 Å². The van der Waals surface area contributed by atoms with Gasteiger partial charge in [0.25, 0.3) is 5.56 Å². The van der Waals surface area contributed by atoms with E-state index in [4.69, 9.17) is 18.9 Å². The fourth-order valence-corrected chi connectivity index (χ4v) is 5.94. The number of fused-ring (bicyclic) bond motifs is 1. The first kappa shape index (κ1) is 32.1. The van der Waals surface area contributed by atoms with E-state index in [9.17, 15) is 14.7 Å². The highest BCUT2D eigenvalue weighted by molar-refractivity contribution is 5.91. The molecule has 0 spiro atoms. The molecule has 1 aliphatic heterocycles. The molecule has 0 bridgehead atoms. The maximum atomic E-state index is 12.8. The van der Waals surface area contributed by atoms with Gasteiger partial charge in [0.1, 0.15) is 29.7 Å². The fourth-order valence-electron chi connectivity index (χ4n) is 5.94. The van der Waals surface area contributed by atoms with E-state index in [2.05, 4.69) is 20.3 Å². The van der Waals surface area contributed by atoms with Gasteiger partial charge in [0, 0.05) is 13.0 Å². The van der Waals surface area contributed by atoms with Gasteiger partial charge in [-0.15, -0.1) is 0 Å². The highest BCUT2D eigenvalue weighted by Crippen LogP contribution is 2.42. The Kier molecular flexibility index (Phi) is 9.19. The van der Waals surface area contributed by atoms with Crippen molar-refractivity contribution in [3.63, 3.8) is 0 Å². The molecule has 3 aromatic carbocycles. The molecule has 1 fully saturated rings. The molecular formula is C35H37N5O7. The van der Waals surface area contributed by atoms with Crippen molar-refractivity contribution in [2.75, 3.05) is 26.1 Å². The number of nitrogens with zero attached hydrogens (tertiary/aromatic N) is 3. The first-order chi connectivity index (χ1) is 22.8. The van der Waals surface area contributed by atoms with Crippen LogP contribution < -0.4 is 15.6 Å². The van der Waals surface area contributed by atoms with E-state index in [1.54, 1.807) is 21.0 Å². The summed E-state index contributed by atoms with van der Waals surface area (Å²) < 4.78 is 26.1. The summed E-state index contributed by atoms with van der Waals surface area (Å²) in [6.45, 7) is 3.47. The van der Waals surface area contributed by atoms with Crippen LogP contribution in [0.4, 0.5) is 5.95 Å². The number of nitrogens with one attached hydrogen (secondary N) is 2. The number of carbonyl (C=O) groups excluding carboxylic acids is 1. The number of H-pyrrole nitrogens is 1. The normalized spacial score (nSPS) is 19.7. The van der Waals surface area contributed by atoms with Gasteiger partial charge in [0.05, 0.1) is 20.0 Å². The summed E-state index contributed by atoms with van der Waals surface area (Å²) in [6.07, 6.45) is -2.38. The van der Waals surface area contributed by atoms with Crippen LogP contribution in [0, 0.1) is 5.92 Å². The molecular weight excluding hydrogens is 602 g/mol. The predicted molar refractivity (Wildman–Crippen MR) is 174 cm³/mol. The lowest BCUT2D eigenvalue weighted by Gasteiger charge is -2.37. The van der Waals surface area contributed by atoms with Crippen LogP contribution in [0.3, 0.4) is 0 Å². The largest absolute Gasteiger partial charge is 0.497 e. The standard InChI is InChI=1S/C35H37N5O7/c1-21(2)31(42)38-34-37-30-27(32(43)39-34)36-20-40(30)33-28(41)29(45-4)26(47-33)19-46-35(22-11-7-5-8-12-22,23-13-9-6-10-14-23)24-15-17-25(44-3)18-16-24/h5-18,20-21,26,28-29,33,41H,19H2,1-4H3,(H2,37,38,39,42,43)/t26-,28-,29-,33-/m1/s1. The molecule has 0 saturated carbocycles. The van der Waals surface area contributed by atoms with Crippen LogP contribution in [0.2, 0.25) is 0 Å². The molecule has 12 nitrogen and oxygen atoms in total. The van der Waals surface area contributed by atoms with E-state index in [-0.39, 0.29) is 35.5 Å². The van der Waals surface area contributed by atoms with Crippen LogP contribution >= 0.6 is 0 Å². The summed E-state index contributed by atoms with van der Waals surface area (Å²) in [5, 5.41) is 14.1. The third-order valence-electron chi connectivity index (χ3n) is 8.38. The van der Waals surface area contributed by atoms with Crippen molar-refractivity contribution in [2.45, 2.75) is 44.0 Å². The van der Waals surface area contributed by atoms with Gasteiger partial charge in [0.2, 0.25) is 11.9 Å². The van der Waals surface area contributed by atoms with E-state index in [1.165, 1.54) is 18.0 Å². The number of amides is 1. The topological polar surface area (TPSA) is 150 Å². The average molecular weight is 640 g/mol. The number of imidazole rings is 1. The van der Waals surface area contributed by atoms with E-state index in [0.717, 1.165) is 16.7 Å². The van der Waals surface area contributed by atoms with Crippen LogP contribution in [0.1, 0.15) is 36.8 Å². The molecule has 0 aliphatic carbocycles. The van der Waals surface area contributed by atoms with Crippen molar-refractivity contribution in [1.82, 2.24) is 19.5 Å². The Hall–Kier alpha value is -4.88. The predicted octanol–water partition coefficient (Wildman–Crippen LogP) is 4.00. The summed E-state index contributed by atoms with van der Waals surface area (Å²) in [5.74, 6) is 0.0272. The smallest absolute Gasteiger partial charge is 0.280 e. The molecule has 12 heteroatoms. The Labute approximate surface area is 271 Å². The molecule has 2 aromatic heterocycles. The van der Waals surface area contributed by atoms with Crippen LogP contribution in [0.15, 0.2) is 96.1 Å². The van der Waals surface area contributed by atoms with Crippen LogP contribution in [-0.4, -0.2) is 69.7 Å². The van der Waals surface area contributed by atoms with Crippen molar-refractivity contribution in [2.24, 2.45) is 5.92 Å². The minimum absolute atomic E-state index is 0.0121. The van der Waals surface area contributed by atoms with Crippen molar-refractivity contribution in [3.05, 3.63) is 118 Å². The Bertz CT molecular complexity index is 1840. The minimum atomic E-state index is -1.18. The zero-order valence-electron chi connectivity index (χ0n) is 26.5. The Balaban J connectivity index is 1.37. The minimum Gasteiger partial charge on any atom is -0.497 e. The first-order valence-electron chi connectivity index (χ1n) is 15.3. The van der Waals surface area contributed by atoms with E-state index in [1.807, 2.05) is 84.9 Å². The highest BCUT2D eigenvalue weighted by Gasteiger charge is 2.48. The molecule has 3 N–H and O–H groups in total. The first-order valence-corrected chi connectivity index (χ1v) is 15.3. The van der Waals surface area contributed by atoms with Gasteiger partial charge in [0.15, 0.2) is 17.4 Å². The molecule has 6 rings (SSSR count). The molecule has 1 amide bonds. The molecule has 47 heavy (non-hydrogen) atoms. The molecule has 1 saturated heterocycles. The molecule has 3 heterocycles. The number of rotatable bonds is 11. The van der Waals surface area contributed by atoms with Gasteiger partial charge in [-0.05, 0) is 28.8 Å². The molecule has 5 aromatic rings. The number of ether oxygens (including phenoxy) is 4. The van der Waals surface area contributed by atoms with Crippen molar-refractivity contribution in [1.29, 1.82) is 0 Å². The van der Waals surface area contributed by atoms with E-state index >= 15 is 0 Å². The second kappa shape index (κ2) is 13.5. The average Bonchev–Trinajstić information content (AvgIpc) is 3.66. The molecule has 244 valence electrons. The van der Waals surface area contributed by atoms with Crippen molar-refractivity contribution in [3.8, 4) is 5.75 Å². The third-order valence-corrected chi connectivity index (χ3v) is 8.38. The number of aromatic amines is 1. The summed E-state index contributed by atoms with van der Waals surface area (Å²) in [6, 6.07) is 27.5. The fraction of sp³-hybridized carbons (Fsp3) is 0.314. The SMILES string of the molecule is COc1ccc(C(OC[C@H]2O[C@@H](n3cnc4c(=O)[nH]c(NC(=O)C(C)C)nc43)[C@H](O)[C@@H]2OC)(c2ccccc2)c2ccccc2)cc1. The van der Waals surface area contributed by atoms with Gasteiger partial charge in [-0.1, -0.05) is 86.6 Å². The van der Waals surface area contributed by atoms with Crippen LogP contribution in [0.5, 0.6) is 5.75 Å².